The Kier molecular flexibility index (Phi) is 8.16. The third-order valence-corrected chi connectivity index (χ3v) is 4.95. The lowest BCUT2D eigenvalue weighted by atomic mass is 10.0. The Bertz CT molecular complexity index is 874. The Morgan fingerprint density at radius 3 is 2.07 bits per heavy atom. The van der Waals surface area contributed by atoms with E-state index >= 15 is 0 Å². The summed E-state index contributed by atoms with van der Waals surface area (Å²) in [6, 6.07) is 14.8. The SMILES string of the molecule is CCN(Cc1ccc(C(=O)N(C)C)cc1)C(=O)CC(NC(C)=O)c1ccc(C)cc1. The van der Waals surface area contributed by atoms with Crippen molar-refractivity contribution in [3.8, 4) is 0 Å². The number of amides is 3. The predicted octanol–water partition coefficient (Wildman–Crippen LogP) is 3.31. The predicted molar refractivity (Wildman–Crippen MR) is 118 cm³/mol. The number of hydrogen-bond donors (Lipinski definition) is 1. The number of carbonyl (C=O) groups is 3. The molecular weight excluding hydrogens is 378 g/mol. The fraction of sp³-hybridized carbons (Fsp3) is 0.375. The van der Waals surface area contributed by atoms with Gasteiger partial charge in [-0.15, -0.1) is 0 Å². The summed E-state index contributed by atoms with van der Waals surface area (Å²) in [7, 11) is 3.43. The highest BCUT2D eigenvalue weighted by Gasteiger charge is 2.21. The van der Waals surface area contributed by atoms with E-state index < -0.39 is 0 Å². The first-order chi connectivity index (χ1) is 14.2. The van der Waals surface area contributed by atoms with Gasteiger partial charge in [-0.3, -0.25) is 14.4 Å². The molecule has 0 aliphatic heterocycles. The van der Waals surface area contributed by atoms with Gasteiger partial charge in [-0.1, -0.05) is 42.0 Å². The number of benzene rings is 2. The smallest absolute Gasteiger partial charge is 0.253 e. The maximum Gasteiger partial charge on any atom is 0.253 e. The number of carbonyl (C=O) groups excluding carboxylic acids is 3. The van der Waals surface area contributed by atoms with Crippen molar-refractivity contribution in [2.45, 2.75) is 39.8 Å². The summed E-state index contributed by atoms with van der Waals surface area (Å²) in [5.41, 5.74) is 3.60. The largest absolute Gasteiger partial charge is 0.349 e. The van der Waals surface area contributed by atoms with Gasteiger partial charge in [0.2, 0.25) is 11.8 Å². The Labute approximate surface area is 178 Å². The van der Waals surface area contributed by atoms with Crippen LogP contribution >= 0.6 is 0 Å². The van der Waals surface area contributed by atoms with Crippen LogP contribution in [0, 0.1) is 6.92 Å². The second-order valence-corrected chi connectivity index (χ2v) is 7.67. The van der Waals surface area contributed by atoms with Crippen LogP contribution in [0.2, 0.25) is 0 Å². The molecule has 2 aromatic rings. The van der Waals surface area contributed by atoms with Gasteiger partial charge in [0, 0.05) is 39.7 Å². The molecule has 1 atom stereocenters. The van der Waals surface area contributed by atoms with Crippen LogP contribution in [0.3, 0.4) is 0 Å². The maximum absolute atomic E-state index is 13.0. The minimum atomic E-state index is -0.371. The summed E-state index contributed by atoms with van der Waals surface area (Å²) in [6.07, 6.45) is 0.188. The van der Waals surface area contributed by atoms with Gasteiger partial charge in [0.25, 0.3) is 5.91 Å². The minimum absolute atomic E-state index is 0.0368. The number of nitrogens with zero attached hydrogens (tertiary/aromatic N) is 2. The van der Waals surface area contributed by atoms with Crippen LogP contribution in [0.1, 0.15) is 53.4 Å². The van der Waals surface area contributed by atoms with Gasteiger partial charge in [-0.05, 0) is 37.1 Å². The number of rotatable bonds is 8. The van der Waals surface area contributed by atoms with E-state index in [1.165, 1.54) is 11.8 Å². The molecule has 0 bridgehead atoms. The van der Waals surface area contributed by atoms with Crippen molar-refractivity contribution in [3.63, 3.8) is 0 Å². The van der Waals surface area contributed by atoms with Crippen LogP contribution in [0.4, 0.5) is 0 Å². The van der Waals surface area contributed by atoms with Crippen molar-refractivity contribution in [1.82, 2.24) is 15.1 Å². The first kappa shape index (κ1) is 23.1. The van der Waals surface area contributed by atoms with Crippen LogP contribution < -0.4 is 5.32 Å². The Balaban J connectivity index is 2.10. The Hall–Kier alpha value is -3.15. The molecule has 1 unspecified atom stereocenters. The van der Waals surface area contributed by atoms with Crippen molar-refractivity contribution in [2.75, 3.05) is 20.6 Å². The van der Waals surface area contributed by atoms with Crippen molar-refractivity contribution < 1.29 is 14.4 Å². The molecule has 6 nitrogen and oxygen atoms in total. The third kappa shape index (κ3) is 6.44. The second-order valence-electron chi connectivity index (χ2n) is 7.67. The number of hydrogen-bond acceptors (Lipinski definition) is 3. The molecule has 30 heavy (non-hydrogen) atoms. The van der Waals surface area contributed by atoms with E-state index in [2.05, 4.69) is 5.32 Å². The van der Waals surface area contributed by atoms with Gasteiger partial charge in [-0.25, -0.2) is 0 Å². The molecule has 2 rings (SSSR count). The lowest BCUT2D eigenvalue weighted by molar-refractivity contribution is -0.132. The van der Waals surface area contributed by atoms with Gasteiger partial charge in [0.1, 0.15) is 0 Å². The van der Waals surface area contributed by atoms with Gasteiger partial charge in [0.05, 0.1) is 12.5 Å². The molecule has 0 heterocycles. The molecule has 3 amide bonds. The van der Waals surface area contributed by atoms with E-state index in [1.54, 1.807) is 31.1 Å². The molecule has 160 valence electrons. The van der Waals surface area contributed by atoms with Gasteiger partial charge in [-0.2, -0.15) is 0 Å². The van der Waals surface area contributed by atoms with Crippen molar-refractivity contribution >= 4 is 17.7 Å². The maximum atomic E-state index is 13.0. The van der Waals surface area contributed by atoms with E-state index in [9.17, 15) is 14.4 Å². The molecule has 0 radical (unpaired) electrons. The van der Waals surface area contributed by atoms with Gasteiger partial charge < -0.3 is 15.1 Å². The third-order valence-electron chi connectivity index (χ3n) is 4.95. The van der Waals surface area contributed by atoms with Crippen LogP contribution in [0.25, 0.3) is 0 Å². The molecule has 0 saturated carbocycles. The number of nitrogens with one attached hydrogen (secondary N) is 1. The fourth-order valence-electron chi connectivity index (χ4n) is 3.21. The Morgan fingerprint density at radius 2 is 1.57 bits per heavy atom. The molecule has 0 aliphatic rings. The van der Waals surface area contributed by atoms with Crippen LogP contribution in [-0.4, -0.2) is 48.2 Å². The molecule has 1 N–H and O–H groups in total. The average Bonchev–Trinajstić information content (AvgIpc) is 2.71. The molecule has 6 heteroatoms. The molecule has 0 aromatic heterocycles. The zero-order valence-electron chi connectivity index (χ0n) is 18.4. The van der Waals surface area contributed by atoms with E-state index in [0.717, 1.165) is 16.7 Å². The molecule has 0 saturated heterocycles. The normalized spacial score (nSPS) is 11.5. The van der Waals surface area contributed by atoms with E-state index in [0.29, 0.717) is 18.7 Å². The quantitative estimate of drug-likeness (QED) is 0.727. The molecule has 0 aliphatic carbocycles. The zero-order valence-corrected chi connectivity index (χ0v) is 18.4. The van der Waals surface area contributed by atoms with Crippen LogP contribution in [0.15, 0.2) is 48.5 Å². The highest BCUT2D eigenvalue weighted by molar-refractivity contribution is 5.93. The standard InChI is InChI=1S/C24H31N3O3/c1-6-27(16-19-9-13-21(14-10-19)24(30)26(4)5)23(29)15-22(25-18(3)28)20-11-7-17(2)8-12-20/h7-14,22H,6,15-16H2,1-5H3,(H,25,28). The van der Waals surface area contributed by atoms with Crippen LogP contribution in [0.5, 0.6) is 0 Å². The zero-order chi connectivity index (χ0) is 22.3. The lowest BCUT2D eigenvalue weighted by Gasteiger charge is -2.25. The van der Waals surface area contributed by atoms with E-state index in [-0.39, 0.29) is 30.2 Å². The summed E-state index contributed by atoms with van der Waals surface area (Å²) in [5, 5.41) is 2.89. The summed E-state index contributed by atoms with van der Waals surface area (Å²) < 4.78 is 0. The minimum Gasteiger partial charge on any atom is -0.349 e. The molecule has 2 aromatic carbocycles. The second kappa shape index (κ2) is 10.6. The van der Waals surface area contributed by atoms with Gasteiger partial charge in [0.15, 0.2) is 0 Å². The molecule has 0 spiro atoms. The summed E-state index contributed by atoms with van der Waals surface area (Å²) in [6.45, 7) is 6.39. The highest BCUT2D eigenvalue weighted by atomic mass is 16.2. The van der Waals surface area contributed by atoms with E-state index in [4.69, 9.17) is 0 Å². The lowest BCUT2D eigenvalue weighted by Crippen LogP contribution is -2.35. The fourth-order valence-corrected chi connectivity index (χ4v) is 3.21. The first-order valence-corrected chi connectivity index (χ1v) is 10.1. The van der Waals surface area contributed by atoms with Crippen molar-refractivity contribution in [2.24, 2.45) is 0 Å². The Morgan fingerprint density at radius 1 is 0.967 bits per heavy atom. The topological polar surface area (TPSA) is 69.7 Å². The average molecular weight is 410 g/mol. The first-order valence-electron chi connectivity index (χ1n) is 10.1. The van der Waals surface area contributed by atoms with E-state index in [1.807, 2.05) is 50.2 Å². The summed E-state index contributed by atoms with van der Waals surface area (Å²) >= 11 is 0. The highest BCUT2D eigenvalue weighted by Crippen LogP contribution is 2.20. The van der Waals surface area contributed by atoms with Crippen molar-refractivity contribution in [1.29, 1.82) is 0 Å². The molecule has 0 fully saturated rings. The van der Waals surface area contributed by atoms with Gasteiger partial charge >= 0.3 is 0 Å². The number of aryl methyl sites for hydroxylation is 1. The summed E-state index contributed by atoms with van der Waals surface area (Å²) in [4.78, 5) is 40.0. The monoisotopic (exact) mass is 409 g/mol. The van der Waals surface area contributed by atoms with Crippen molar-refractivity contribution in [3.05, 3.63) is 70.8 Å². The summed E-state index contributed by atoms with van der Waals surface area (Å²) in [5.74, 6) is -0.260. The van der Waals surface area contributed by atoms with Crippen LogP contribution in [-0.2, 0) is 16.1 Å². The molecular formula is C24H31N3O3.